The highest BCUT2D eigenvalue weighted by Crippen LogP contribution is 2.28. The van der Waals surface area contributed by atoms with Gasteiger partial charge in [-0.15, -0.1) is 16.4 Å². The van der Waals surface area contributed by atoms with Crippen LogP contribution in [0, 0.1) is 12.7 Å². The summed E-state index contributed by atoms with van der Waals surface area (Å²) in [5.74, 6) is -0.409. The first-order chi connectivity index (χ1) is 14.1. The Morgan fingerprint density at radius 2 is 1.97 bits per heavy atom. The first-order valence-corrected chi connectivity index (χ1v) is 9.61. The van der Waals surface area contributed by atoms with Gasteiger partial charge in [-0.2, -0.15) is 4.68 Å². The number of carbonyl (C=O) groups is 1. The van der Waals surface area contributed by atoms with Crippen LogP contribution in [0.25, 0.3) is 22.2 Å². The molecule has 0 aliphatic heterocycles. The zero-order valence-corrected chi connectivity index (χ0v) is 16.2. The predicted octanol–water partition coefficient (Wildman–Crippen LogP) is 4.49. The number of hydrogen-bond acceptors (Lipinski definition) is 5. The van der Waals surface area contributed by atoms with Crippen molar-refractivity contribution in [1.29, 1.82) is 0 Å². The maximum atomic E-state index is 14.1. The Labute approximate surface area is 170 Å². The van der Waals surface area contributed by atoms with E-state index < -0.39 is 11.7 Å². The van der Waals surface area contributed by atoms with E-state index in [0.717, 1.165) is 15.3 Å². The van der Waals surface area contributed by atoms with Crippen molar-refractivity contribution in [2.75, 3.05) is 5.32 Å². The molecule has 0 fully saturated rings. The second kappa shape index (κ2) is 8.15. The van der Waals surface area contributed by atoms with Gasteiger partial charge in [0.05, 0.1) is 11.4 Å². The molecular formula is C21H16FN5OS. The molecular weight excluding hydrogens is 389 g/mol. The van der Waals surface area contributed by atoms with Crippen LogP contribution in [-0.4, -0.2) is 26.1 Å². The number of carbonyl (C=O) groups excluding carboxylic acids is 1. The molecule has 4 aromatic rings. The van der Waals surface area contributed by atoms with Gasteiger partial charge in [-0.25, -0.2) is 4.39 Å². The Balaban J connectivity index is 1.47. The summed E-state index contributed by atoms with van der Waals surface area (Å²) in [5, 5.41) is 13.8. The van der Waals surface area contributed by atoms with Crippen molar-refractivity contribution in [1.82, 2.24) is 20.2 Å². The summed E-state index contributed by atoms with van der Waals surface area (Å²) in [6.45, 7) is 1.73. The zero-order valence-electron chi connectivity index (χ0n) is 15.4. The van der Waals surface area contributed by atoms with Crippen LogP contribution in [0.2, 0.25) is 0 Å². The summed E-state index contributed by atoms with van der Waals surface area (Å²) in [6, 6.07) is 18.3. The van der Waals surface area contributed by atoms with Crippen LogP contribution in [0.4, 0.5) is 10.1 Å². The summed E-state index contributed by atoms with van der Waals surface area (Å²) in [5.41, 5.74) is 1.74. The van der Waals surface area contributed by atoms with Crippen molar-refractivity contribution in [2.24, 2.45) is 0 Å². The Morgan fingerprint density at radius 1 is 1.14 bits per heavy atom. The first kappa shape index (κ1) is 18.7. The lowest BCUT2D eigenvalue weighted by Gasteiger charge is -2.07. The summed E-state index contributed by atoms with van der Waals surface area (Å²) in [6.07, 6.45) is 3.09. The number of halogens is 1. The molecule has 2 aromatic carbocycles. The van der Waals surface area contributed by atoms with Gasteiger partial charge in [-0.3, -0.25) is 4.79 Å². The summed E-state index contributed by atoms with van der Waals surface area (Å²) >= 11 is 1.57. The number of benzene rings is 2. The highest BCUT2D eigenvalue weighted by Gasteiger charge is 2.10. The third-order valence-corrected chi connectivity index (χ3v) is 5.26. The van der Waals surface area contributed by atoms with E-state index in [1.807, 2.05) is 42.5 Å². The highest BCUT2D eigenvalue weighted by atomic mass is 32.1. The SMILES string of the molecule is Cc1nnnn1-c1ccc(F)c(NC(=O)/C=C/c2ccc(-c3ccccc3)s2)c1. The Morgan fingerprint density at radius 3 is 2.72 bits per heavy atom. The zero-order chi connectivity index (χ0) is 20.2. The van der Waals surface area contributed by atoms with Gasteiger partial charge in [-0.05, 0) is 59.3 Å². The van der Waals surface area contributed by atoms with Gasteiger partial charge < -0.3 is 5.32 Å². The van der Waals surface area contributed by atoms with Gasteiger partial charge >= 0.3 is 0 Å². The molecule has 1 amide bonds. The molecule has 0 radical (unpaired) electrons. The molecule has 0 saturated carbocycles. The van der Waals surface area contributed by atoms with Crippen molar-refractivity contribution in [3.8, 4) is 16.1 Å². The predicted molar refractivity (Wildman–Crippen MR) is 111 cm³/mol. The molecule has 144 valence electrons. The molecule has 0 spiro atoms. The average molecular weight is 405 g/mol. The smallest absolute Gasteiger partial charge is 0.248 e. The van der Waals surface area contributed by atoms with E-state index in [-0.39, 0.29) is 5.69 Å². The van der Waals surface area contributed by atoms with Crippen LogP contribution in [-0.2, 0) is 4.79 Å². The molecule has 0 saturated heterocycles. The second-order valence-electron chi connectivity index (χ2n) is 6.19. The Kier molecular flexibility index (Phi) is 5.26. The van der Waals surface area contributed by atoms with Gasteiger partial charge in [0.25, 0.3) is 0 Å². The molecule has 4 rings (SSSR count). The number of hydrogen-bond donors (Lipinski definition) is 1. The lowest BCUT2D eigenvalue weighted by atomic mass is 10.2. The molecule has 0 aliphatic carbocycles. The molecule has 0 unspecified atom stereocenters. The van der Waals surface area contributed by atoms with Gasteiger partial charge in [0.2, 0.25) is 5.91 Å². The van der Waals surface area contributed by atoms with Gasteiger partial charge in [-0.1, -0.05) is 30.3 Å². The third-order valence-electron chi connectivity index (χ3n) is 4.16. The fraction of sp³-hybridized carbons (Fsp3) is 0.0476. The quantitative estimate of drug-likeness (QED) is 0.497. The fourth-order valence-electron chi connectivity index (χ4n) is 2.74. The summed E-state index contributed by atoms with van der Waals surface area (Å²) in [7, 11) is 0. The molecule has 8 heteroatoms. The van der Waals surface area contributed by atoms with E-state index in [2.05, 4.69) is 20.8 Å². The molecule has 6 nitrogen and oxygen atoms in total. The van der Waals surface area contributed by atoms with Gasteiger partial charge in [0.15, 0.2) is 5.82 Å². The number of rotatable bonds is 5. The number of thiophene rings is 1. The monoisotopic (exact) mass is 405 g/mol. The molecule has 0 atom stereocenters. The Hall–Kier alpha value is -3.65. The first-order valence-electron chi connectivity index (χ1n) is 8.79. The van der Waals surface area contributed by atoms with E-state index in [1.54, 1.807) is 30.4 Å². The van der Waals surface area contributed by atoms with E-state index in [9.17, 15) is 9.18 Å². The van der Waals surface area contributed by atoms with E-state index in [4.69, 9.17) is 0 Å². The number of nitrogens with zero attached hydrogens (tertiary/aromatic N) is 4. The maximum absolute atomic E-state index is 14.1. The number of nitrogens with one attached hydrogen (secondary N) is 1. The largest absolute Gasteiger partial charge is 0.320 e. The van der Waals surface area contributed by atoms with Crippen LogP contribution < -0.4 is 5.32 Å². The molecule has 29 heavy (non-hydrogen) atoms. The van der Waals surface area contributed by atoms with Crippen LogP contribution >= 0.6 is 11.3 Å². The van der Waals surface area contributed by atoms with Crippen molar-refractivity contribution in [2.45, 2.75) is 6.92 Å². The van der Waals surface area contributed by atoms with Crippen molar-refractivity contribution >= 4 is 29.0 Å². The molecule has 0 bridgehead atoms. The van der Waals surface area contributed by atoms with Crippen molar-refractivity contribution < 1.29 is 9.18 Å². The highest BCUT2D eigenvalue weighted by molar-refractivity contribution is 7.16. The molecule has 2 aromatic heterocycles. The van der Waals surface area contributed by atoms with Crippen LogP contribution in [0.1, 0.15) is 10.7 Å². The lowest BCUT2D eigenvalue weighted by Crippen LogP contribution is -2.10. The van der Waals surface area contributed by atoms with E-state index in [1.165, 1.54) is 22.9 Å². The fourth-order valence-corrected chi connectivity index (χ4v) is 3.66. The minimum Gasteiger partial charge on any atom is -0.320 e. The van der Waals surface area contributed by atoms with Crippen molar-refractivity contribution in [3.63, 3.8) is 0 Å². The van der Waals surface area contributed by atoms with E-state index >= 15 is 0 Å². The standard InChI is InChI=1S/C21H16FN5OS/c1-14-24-25-26-27(14)16-7-10-18(22)19(13-16)23-21(28)12-9-17-8-11-20(29-17)15-5-3-2-4-6-15/h2-13H,1H3,(H,23,28)/b12-9+. The summed E-state index contributed by atoms with van der Waals surface area (Å²) in [4.78, 5) is 14.3. The number of tetrazole rings is 1. The third kappa shape index (κ3) is 4.27. The minimum atomic E-state index is -0.538. The molecule has 0 aliphatic rings. The number of amides is 1. The number of aryl methyl sites for hydroxylation is 1. The van der Waals surface area contributed by atoms with Crippen LogP contribution in [0.3, 0.4) is 0 Å². The van der Waals surface area contributed by atoms with Gasteiger partial charge in [0.1, 0.15) is 5.82 Å². The van der Waals surface area contributed by atoms with Crippen LogP contribution in [0.5, 0.6) is 0 Å². The topological polar surface area (TPSA) is 72.7 Å². The van der Waals surface area contributed by atoms with Gasteiger partial charge in [0, 0.05) is 15.8 Å². The second-order valence-corrected chi connectivity index (χ2v) is 7.31. The number of anilines is 1. The van der Waals surface area contributed by atoms with E-state index in [0.29, 0.717) is 11.5 Å². The molecule has 2 heterocycles. The lowest BCUT2D eigenvalue weighted by molar-refractivity contribution is -0.111. The Bertz CT molecular complexity index is 1180. The normalized spacial score (nSPS) is 11.1. The molecule has 1 N–H and O–H groups in total. The maximum Gasteiger partial charge on any atom is 0.248 e. The van der Waals surface area contributed by atoms with Crippen molar-refractivity contribution in [3.05, 3.63) is 83.3 Å². The number of aromatic nitrogens is 4. The average Bonchev–Trinajstić information content (AvgIpc) is 3.38. The minimum absolute atomic E-state index is 0.0585. The summed E-state index contributed by atoms with van der Waals surface area (Å²) < 4.78 is 15.6. The van der Waals surface area contributed by atoms with Crippen LogP contribution in [0.15, 0.2) is 66.7 Å².